The highest BCUT2D eigenvalue weighted by Crippen LogP contribution is 2.18. The van der Waals surface area contributed by atoms with E-state index in [4.69, 9.17) is 0 Å². The number of benzene rings is 2. The standard InChI is InChI=1S/C23H25FN2/c1-18(26-15-2-4-19-8-12-23(24)13-9-19)16-20-6-10-21(11-7-20)22-5-3-14-25-17-22/h3,5-14,17-18,26H,2,4,15-16H2,1H3. The number of nitrogens with zero attached hydrogens (tertiary/aromatic N) is 1. The minimum absolute atomic E-state index is 0.171. The maximum Gasteiger partial charge on any atom is 0.123 e. The van der Waals surface area contributed by atoms with Gasteiger partial charge < -0.3 is 5.32 Å². The summed E-state index contributed by atoms with van der Waals surface area (Å²) < 4.78 is 12.9. The molecule has 1 heterocycles. The first-order valence-electron chi connectivity index (χ1n) is 9.18. The predicted molar refractivity (Wildman–Crippen MR) is 106 cm³/mol. The Labute approximate surface area is 155 Å². The second-order valence-corrected chi connectivity index (χ2v) is 6.73. The summed E-state index contributed by atoms with van der Waals surface area (Å²) in [5, 5.41) is 3.57. The molecule has 2 nitrogen and oxygen atoms in total. The van der Waals surface area contributed by atoms with E-state index < -0.39 is 0 Å². The lowest BCUT2D eigenvalue weighted by Crippen LogP contribution is -2.29. The highest BCUT2D eigenvalue weighted by atomic mass is 19.1. The lowest BCUT2D eigenvalue weighted by molar-refractivity contribution is 0.534. The smallest absolute Gasteiger partial charge is 0.123 e. The van der Waals surface area contributed by atoms with Gasteiger partial charge in [-0.15, -0.1) is 0 Å². The highest BCUT2D eigenvalue weighted by Gasteiger charge is 2.04. The van der Waals surface area contributed by atoms with Crippen molar-refractivity contribution >= 4 is 0 Å². The van der Waals surface area contributed by atoms with Crippen LogP contribution < -0.4 is 5.32 Å². The van der Waals surface area contributed by atoms with E-state index in [9.17, 15) is 4.39 Å². The maximum atomic E-state index is 12.9. The summed E-state index contributed by atoms with van der Waals surface area (Å²) in [6, 6.07) is 20.0. The third-order valence-electron chi connectivity index (χ3n) is 4.54. The van der Waals surface area contributed by atoms with Gasteiger partial charge in [-0.05, 0) is 73.2 Å². The lowest BCUT2D eigenvalue weighted by atomic mass is 10.0. The molecule has 1 N–H and O–H groups in total. The van der Waals surface area contributed by atoms with Gasteiger partial charge in [0.25, 0.3) is 0 Å². The number of hydrogen-bond donors (Lipinski definition) is 1. The molecule has 0 fully saturated rings. The van der Waals surface area contributed by atoms with Crippen molar-refractivity contribution in [3.63, 3.8) is 0 Å². The van der Waals surface area contributed by atoms with Crippen molar-refractivity contribution in [3.8, 4) is 11.1 Å². The zero-order valence-corrected chi connectivity index (χ0v) is 15.2. The van der Waals surface area contributed by atoms with Crippen molar-refractivity contribution in [1.29, 1.82) is 0 Å². The molecule has 2 aromatic carbocycles. The van der Waals surface area contributed by atoms with Crippen molar-refractivity contribution < 1.29 is 4.39 Å². The van der Waals surface area contributed by atoms with E-state index in [1.54, 1.807) is 6.20 Å². The van der Waals surface area contributed by atoms with E-state index in [0.29, 0.717) is 6.04 Å². The van der Waals surface area contributed by atoms with Crippen LogP contribution in [0.2, 0.25) is 0 Å². The van der Waals surface area contributed by atoms with Gasteiger partial charge in [0.05, 0.1) is 0 Å². The largest absolute Gasteiger partial charge is 0.314 e. The van der Waals surface area contributed by atoms with Gasteiger partial charge in [0.15, 0.2) is 0 Å². The lowest BCUT2D eigenvalue weighted by Gasteiger charge is -2.14. The van der Waals surface area contributed by atoms with Crippen molar-refractivity contribution in [1.82, 2.24) is 10.3 Å². The van der Waals surface area contributed by atoms with Crippen LogP contribution in [-0.4, -0.2) is 17.6 Å². The zero-order valence-electron chi connectivity index (χ0n) is 15.2. The van der Waals surface area contributed by atoms with Crippen molar-refractivity contribution in [3.05, 3.63) is 90.0 Å². The topological polar surface area (TPSA) is 24.9 Å². The van der Waals surface area contributed by atoms with Gasteiger partial charge in [0.1, 0.15) is 5.82 Å². The van der Waals surface area contributed by atoms with Crippen LogP contribution in [0.15, 0.2) is 73.1 Å². The predicted octanol–water partition coefficient (Wildman–Crippen LogP) is 5.04. The number of hydrogen-bond acceptors (Lipinski definition) is 2. The van der Waals surface area contributed by atoms with Gasteiger partial charge in [0.2, 0.25) is 0 Å². The highest BCUT2D eigenvalue weighted by molar-refractivity contribution is 5.62. The Morgan fingerprint density at radius 2 is 1.65 bits per heavy atom. The summed E-state index contributed by atoms with van der Waals surface area (Å²) in [6.45, 7) is 3.18. The quantitative estimate of drug-likeness (QED) is 0.577. The van der Waals surface area contributed by atoms with E-state index in [1.807, 2.05) is 24.4 Å². The van der Waals surface area contributed by atoms with Gasteiger partial charge in [-0.3, -0.25) is 4.98 Å². The molecule has 0 aliphatic heterocycles. The van der Waals surface area contributed by atoms with Gasteiger partial charge in [0, 0.05) is 18.4 Å². The van der Waals surface area contributed by atoms with E-state index in [-0.39, 0.29) is 5.82 Å². The molecule has 0 saturated carbocycles. The Morgan fingerprint density at radius 1 is 0.923 bits per heavy atom. The number of aromatic nitrogens is 1. The van der Waals surface area contributed by atoms with Crippen LogP contribution in [0.5, 0.6) is 0 Å². The summed E-state index contributed by atoms with van der Waals surface area (Å²) in [7, 11) is 0. The van der Waals surface area contributed by atoms with Crippen LogP contribution in [0.3, 0.4) is 0 Å². The number of rotatable bonds is 8. The van der Waals surface area contributed by atoms with E-state index >= 15 is 0 Å². The first-order chi connectivity index (χ1) is 12.7. The number of pyridine rings is 1. The van der Waals surface area contributed by atoms with Crippen molar-refractivity contribution in [2.45, 2.75) is 32.2 Å². The SMILES string of the molecule is CC(Cc1ccc(-c2cccnc2)cc1)NCCCc1ccc(F)cc1. The van der Waals surface area contributed by atoms with Gasteiger partial charge in [-0.1, -0.05) is 42.5 Å². The molecule has 26 heavy (non-hydrogen) atoms. The van der Waals surface area contributed by atoms with Crippen molar-refractivity contribution in [2.24, 2.45) is 0 Å². The first kappa shape index (κ1) is 18.3. The molecular formula is C23H25FN2. The third-order valence-corrected chi connectivity index (χ3v) is 4.54. The molecule has 0 radical (unpaired) electrons. The normalized spacial score (nSPS) is 12.1. The average Bonchev–Trinajstić information content (AvgIpc) is 2.68. The monoisotopic (exact) mass is 348 g/mol. The van der Waals surface area contributed by atoms with Gasteiger partial charge in [-0.2, -0.15) is 0 Å². The summed E-state index contributed by atoms with van der Waals surface area (Å²) >= 11 is 0. The summed E-state index contributed by atoms with van der Waals surface area (Å²) in [4.78, 5) is 4.17. The molecule has 3 heteroatoms. The minimum atomic E-state index is -0.171. The van der Waals surface area contributed by atoms with Gasteiger partial charge >= 0.3 is 0 Å². The molecular weight excluding hydrogens is 323 g/mol. The van der Waals surface area contributed by atoms with E-state index in [1.165, 1.54) is 28.8 Å². The molecule has 1 atom stereocenters. The van der Waals surface area contributed by atoms with Crippen LogP contribution >= 0.6 is 0 Å². The zero-order chi connectivity index (χ0) is 18.2. The van der Waals surface area contributed by atoms with Crippen LogP contribution in [-0.2, 0) is 12.8 Å². The molecule has 0 aliphatic carbocycles. The van der Waals surface area contributed by atoms with Crippen LogP contribution in [0.4, 0.5) is 4.39 Å². The second kappa shape index (κ2) is 9.25. The van der Waals surface area contributed by atoms with Crippen molar-refractivity contribution in [2.75, 3.05) is 6.54 Å². The number of nitrogens with one attached hydrogen (secondary N) is 1. The Balaban J connectivity index is 1.41. The second-order valence-electron chi connectivity index (χ2n) is 6.73. The number of halogens is 1. The molecule has 0 amide bonds. The Kier molecular flexibility index (Phi) is 6.50. The first-order valence-corrected chi connectivity index (χ1v) is 9.18. The Hall–Kier alpha value is -2.52. The fraction of sp³-hybridized carbons (Fsp3) is 0.261. The number of aryl methyl sites for hydroxylation is 1. The van der Waals surface area contributed by atoms with Crippen LogP contribution in [0, 0.1) is 5.82 Å². The molecule has 0 aliphatic rings. The fourth-order valence-corrected chi connectivity index (χ4v) is 3.08. The molecule has 3 rings (SSSR count). The fourth-order valence-electron chi connectivity index (χ4n) is 3.08. The Bertz CT molecular complexity index is 783. The third kappa shape index (κ3) is 5.50. The molecule has 0 bridgehead atoms. The summed E-state index contributed by atoms with van der Waals surface area (Å²) in [5.41, 5.74) is 4.86. The van der Waals surface area contributed by atoms with Gasteiger partial charge in [-0.25, -0.2) is 4.39 Å². The molecule has 1 unspecified atom stereocenters. The van der Waals surface area contributed by atoms with E-state index in [0.717, 1.165) is 31.4 Å². The van der Waals surface area contributed by atoms with E-state index in [2.05, 4.69) is 47.6 Å². The maximum absolute atomic E-state index is 12.9. The molecule has 0 spiro atoms. The molecule has 3 aromatic rings. The summed E-state index contributed by atoms with van der Waals surface area (Å²) in [5.74, 6) is -0.171. The minimum Gasteiger partial charge on any atom is -0.314 e. The molecule has 134 valence electrons. The van der Waals surface area contributed by atoms with Crippen LogP contribution in [0.1, 0.15) is 24.5 Å². The van der Waals surface area contributed by atoms with Crippen LogP contribution in [0.25, 0.3) is 11.1 Å². The Morgan fingerprint density at radius 3 is 2.35 bits per heavy atom. The average molecular weight is 348 g/mol. The summed E-state index contributed by atoms with van der Waals surface area (Å²) in [6.07, 6.45) is 6.71. The molecule has 1 aromatic heterocycles. The molecule has 0 saturated heterocycles.